The number of ether oxygens (including phenoxy) is 5. The summed E-state index contributed by atoms with van der Waals surface area (Å²) in [6.45, 7) is 2.47. The minimum Gasteiger partial charge on any atom is -0.504 e. The van der Waals surface area contributed by atoms with Gasteiger partial charge >= 0.3 is 6.16 Å². The van der Waals surface area contributed by atoms with Crippen LogP contribution in [0, 0.1) is 0 Å². The van der Waals surface area contributed by atoms with Gasteiger partial charge < -0.3 is 33.7 Å². The molecule has 2 aliphatic heterocycles. The monoisotopic (exact) mass is 477 g/mol. The molecule has 1 amide bonds. The third-order valence-electron chi connectivity index (χ3n) is 5.67. The van der Waals surface area contributed by atoms with Crippen molar-refractivity contribution in [2.45, 2.75) is 25.0 Å². The van der Waals surface area contributed by atoms with Crippen LogP contribution in [0.15, 0.2) is 36.4 Å². The number of likely N-dealkylation sites (N-methyl/N-ethyl adjacent to an activating group) is 1. The summed E-state index contributed by atoms with van der Waals surface area (Å²) in [5.41, 5.74) is -0.479. The lowest BCUT2D eigenvalue weighted by molar-refractivity contribution is -0.140. The van der Waals surface area contributed by atoms with Crippen molar-refractivity contribution in [1.82, 2.24) is 0 Å². The second kappa shape index (κ2) is 9.46. The van der Waals surface area contributed by atoms with Gasteiger partial charge in [0, 0.05) is 29.1 Å². The first-order valence-corrected chi connectivity index (χ1v) is 10.8. The molecule has 0 saturated carbocycles. The zero-order chi connectivity index (χ0) is 23.6. The Balaban J connectivity index is 1.73. The van der Waals surface area contributed by atoms with Gasteiger partial charge in [0.25, 0.3) is 5.91 Å². The van der Waals surface area contributed by atoms with Crippen molar-refractivity contribution in [3.05, 3.63) is 52.5 Å². The summed E-state index contributed by atoms with van der Waals surface area (Å²) < 4.78 is 26.5. The van der Waals surface area contributed by atoms with E-state index in [0.29, 0.717) is 28.4 Å². The minimum atomic E-state index is -1.80. The number of amides is 1. The van der Waals surface area contributed by atoms with Crippen molar-refractivity contribution >= 4 is 29.4 Å². The zero-order valence-corrected chi connectivity index (χ0v) is 19.0. The lowest BCUT2D eigenvalue weighted by Crippen LogP contribution is -2.45. The Morgan fingerprint density at radius 2 is 2.15 bits per heavy atom. The number of methoxy groups -OCH3 is 1. The van der Waals surface area contributed by atoms with Gasteiger partial charge in [0.15, 0.2) is 11.5 Å². The summed E-state index contributed by atoms with van der Waals surface area (Å²) in [5, 5.41) is 11.0. The number of phenolic OH excluding ortho intramolecular Hbond substituents is 1. The molecule has 2 atom stereocenters. The Labute approximate surface area is 195 Å². The molecule has 4 rings (SSSR count). The first-order chi connectivity index (χ1) is 15.9. The van der Waals surface area contributed by atoms with Gasteiger partial charge in [0.05, 0.1) is 19.4 Å². The van der Waals surface area contributed by atoms with Crippen molar-refractivity contribution in [3.8, 4) is 11.5 Å². The topological polar surface area (TPSA) is 104 Å². The van der Waals surface area contributed by atoms with E-state index in [0.717, 1.165) is 0 Å². The molecule has 2 heterocycles. The molecule has 176 valence electrons. The fourth-order valence-corrected chi connectivity index (χ4v) is 4.25. The largest absolute Gasteiger partial charge is 0.509 e. The third kappa shape index (κ3) is 4.31. The Morgan fingerprint density at radius 3 is 2.85 bits per heavy atom. The average molecular weight is 478 g/mol. The number of para-hydroxylation sites is 1. The van der Waals surface area contributed by atoms with Crippen molar-refractivity contribution in [2.24, 2.45) is 0 Å². The molecule has 0 bridgehead atoms. The van der Waals surface area contributed by atoms with Crippen LogP contribution in [0.5, 0.6) is 11.5 Å². The highest BCUT2D eigenvalue weighted by molar-refractivity contribution is 6.31. The van der Waals surface area contributed by atoms with E-state index in [1.54, 1.807) is 36.4 Å². The molecule has 0 spiro atoms. The van der Waals surface area contributed by atoms with Gasteiger partial charge in [0.1, 0.15) is 19.5 Å². The predicted octanol–water partition coefficient (Wildman–Crippen LogP) is 3.38. The number of rotatable bonds is 7. The molecule has 2 unspecified atom stereocenters. The van der Waals surface area contributed by atoms with E-state index >= 15 is 0 Å². The number of benzene rings is 2. The van der Waals surface area contributed by atoms with Crippen LogP contribution in [-0.2, 0) is 35.8 Å². The molecule has 1 saturated heterocycles. The molecule has 1 N–H and O–H groups in total. The van der Waals surface area contributed by atoms with Crippen LogP contribution in [-0.4, -0.2) is 56.9 Å². The number of anilines is 1. The van der Waals surface area contributed by atoms with Gasteiger partial charge in [-0.3, -0.25) is 4.79 Å². The first-order valence-electron chi connectivity index (χ1n) is 10.4. The molecule has 0 aliphatic carbocycles. The van der Waals surface area contributed by atoms with Crippen LogP contribution in [0.2, 0.25) is 5.02 Å². The zero-order valence-electron chi connectivity index (χ0n) is 18.2. The molecule has 9 nitrogen and oxygen atoms in total. The smallest absolute Gasteiger partial charge is 0.504 e. The van der Waals surface area contributed by atoms with Gasteiger partial charge in [-0.15, -0.1) is 0 Å². The Bertz CT molecular complexity index is 1050. The molecule has 10 heteroatoms. The summed E-state index contributed by atoms with van der Waals surface area (Å²) in [5.74, 6) is -0.395. The van der Waals surface area contributed by atoms with Crippen LogP contribution in [0.3, 0.4) is 0 Å². The molecule has 0 radical (unpaired) electrons. The molecular formula is C23H24ClNO8. The Morgan fingerprint density at radius 1 is 1.33 bits per heavy atom. The standard InChI is InChI=1S/C23H24ClNO8/c1-3-25-18-8-7-15(24)9-17(18)23(21(25)27,10-14-5-4-6-19(29-2)20(14)26)33-22(28)31-12-16-11-30-13-32-16/h4-9,16,26H,3,10-13H2,1-2H3. The van der Waals surface area contributed by atoms with Crippen LogP contribution in [0.1, 0.15) is 18.1 Å². The predicted molar refractivity (Wildman–Crippen MR) is 118 cm³/mol. The fraction of sp³-hybridized carbons (Fsp3) is 0.391. The van der Waals surface area contributed by atoms with Crippen molar-refractivity contribution in [1.29, 1.82) is 0 Å². The molecule has 0 aromatic heterocycles. The van der Waals surface area contributed by atoms with Gasteiger partial charge in [-0.25, -0.2) is 4.79 Å². The minimum absolute atomic E-state index is 0.0899. The van der Waals surface area contributed by atoms with Gasteiger partial charge in [0.2, 0.25) is 5.60 Å². The van der Waals surface area contributed by atoms with Crippen LogP contribution >= 0.6 is 11.6 Å². The number of hydrogen-bond acceptors (Lipinski definition) is 8. The van der Waals surface area contributed by atoms with E-state index in [9.17, 15) is 14.7 Å². The first kappa shape index (κ1) is 23.2. The normalized spacial score (nSPS) is 21.7. The Hall–Kier alpha value is -3.01. The van der Waals surface area contributed by atoms with E-state index in [-0.39, 0.29) is 37.9 Å². The maximum atomic E-state index is 13.7. The average Bonchev–Trinajstić information content (AvgIpc) is 3.40. The number of nitrogens with zero attached hydrogens (tertiary/aromatic N) is 1. The highest BCUT2D eigenvalue weighted by Crippen LogP contribution is 2.47. The van der Waals surface area contributed by atoms with Gasteiger partial charge in [-0.1, -0.05) is 23.7 Å². The van der Waals surface area contributed by atoms with Crippen molar-refractivity contribution < 1.29 is 38.4 Å². The van der Waals surface area contributed by atoms with Crippen LogP contribution in [0.4, 0.5) is 10.5 Å². The SMILES string of the molecule is CCN1C(=O)C(Cc2cccc(OC)c2O)(OC(=O)OCC2COCO2)c2cc(Cl)ccc21. The van der Waals surface area contributed by atoms with E-state index in [2.05, 4.69) is 0 Å². The number of fused-ring (bicyclic) bond motifs is 1. The van der Waals surface area contributed by atoms with Crippen molar-refractivity contribution in [2.75, 3.05) is 38.6 Å². The Kier molecular flexibility index (Phi) is 6.64. The highest BCUT2D eigenvalue weighted by atomic mass is 35.5. The summed E-state index contributed by atoms with van der Waals surface area (Å²) in [7, 11) is 1.42. The van der Waals surface area contributed by atoms with E-state index in [1.165, 1.54) is 12.0 Å². The van der Waals surface area contributed by atoms with Gasteiger partial charge in [-0.05, 0) is 31.2 Å². The number of carbonyl (C=O) groups excluding carboxylic acids is 2. The van der Waals surface area contributed by atoms with E-state index in [4.69, 9.17) is 35.3 Å². The molecule has 1 fully saturated rings. The van der Waals surface area contributed by atoms with E-state index < -0.39 is 23.8 Å². The quantitative estimate of drug-likeness (QED) is 0.605. The fourth-order valence-electron chi connectivity index (χ4n) is 4.07. The van der Waals surface area contributed by atoms with Gasteiger partial charge in [-0.2, -0.15) is 0 Å². The maximum absolute atomic E-state index is 13.7. The second-order valence-corrected chi connectivity index (χ2v) is 8.06. The number of hydrogen-bond donors (Lipinski definition) is 1. The summed E-state index contributed by atoms with van der Waals surface area (Å²) in [6.07, 6.45) is -1.62. The number of aromatic hydroxyl groups is 1. The lowest BCUT2D eigenvalue weighted by Gasteiger charge is -2.29. The molecule has 2 aliphatic rings. The summed E-state index contributed by atoms with van der Waals surface area (Å²) >= 11 is 6.25. The van der Waals surface area contributed by atoms with Crippen LogP contribution < -0.4 is 9.64 Å². The molecule has 33 heavy (non-hydrogen) atoms. The summed E-state index contributed by atoms with van der Waals surface area (Å²) in [6, 6.07) is 9.83. The van der Waals surface area contributed by atoms with Crippen LogP contribution in [0.25, 0.3) is 0 Å². The highest BCUT2D eigenvalue weighted by Gasteiger charge is 2.55. The number of halogens is 1. The molecular weight excluding hydrogens is 454 g/mol. The molecule has 2 aromatic rings. The maximum Gasteiger partial charge on any atom is 0.509 e. The molecule has 2 aromatic carbocycles. The summed E-state index contributed by atoms with van der Waals surface area (Å²) in [4.78, 5) is 28.0. The van der Waals surface area contributed by atoms with E-state index in [1.807, 2.05) is 6.92 Å². The number of carbonyl (C=O) groups is 2. The third-order valence-corrected chi connectivity index (χ3v) is 5.90. The van der Waals surface area contributed by atoms with Crippen molar-refractivity contribution in [3.63, 3.8) is 0 Å². The second-order valence-electron chi connectivity index (χ2n) is 7.62. The lowest BCUT2D eigenvalue weighted by atomic mass is 9.87. The number of phenols is 1.